The fourth-order valence-electron chi connectivity index (χ4n) is 11.3. The van der Waals surface area contributed by atoms with Crippen LogP contribution < -0.4 is 0 Å². The van der Waals surface area contributed by atoms with Gasteiger partial charge < -0.3 is 33.8 Å². The van der Waals surface area contributed by atoms with Crippen LogP contribution in [0.4, 0.5) is 0 Å². The first-order chi connectivity index (χ1) is 48.7. The summed E-state index contributed by atoms with van der Waals surface area (Å²) in [4.78, 5) is 73.0. The Labute approximate surface area is 610 Å². The summed E-state index contributed by atoms with van der Waals surface area (Å²) in [6.45, 7) is 4.85. The lowest BCUT2D eigenvalue weighted by Gasteiger charge is -2.21. The van der Waals surface area contributed by atoms with Crippen LogP contribution in [0.15, 0.2) is 60.8 Å². The maximum Gasteiger partial charge on any atom is 0.472 e. The third-order valence-electron chi connectivity index (χ3n) is 17.5. The van der Waals surface area contributed by atoms with Gasteiger partial charge in [-0.05, 0) is 89.9 Å². The van der Waals surface area contributed by atoms with Crippen molar-refractivity contribution in [2.45, 2.75) is 393 Å². The van der Waals surface area contributed by atoms with Gasteiger partial charge in [-0.1, -0.05) is 320 Å². The van der Waals surface area contributed by atoms with Crippen LogP contribution in [0.3, 0.4) is 0 Å². The molecule has 19 heteroatoms. The first-order valence-electron chi connectivity index (χ1n) is 40.5. The molecule has 0 spiro atoms. The van der Waals surface area contributed by atoms with E-state index < -0.39 is 97.5 Å². The van der Waals surface area contributed by atoms with Gasteiger partial charge in [0, 0.05) is 25.7 Å². The summed E-state index contributed by atoms with van der Waals surface area (Å²) in [5.74, 6) is -2.21. The summed E-state index contributed by atoms with van der Waals surface area (Å²) >= 11 is 0. The molecule has 0 aliphatic carbocycles. The maximum atomic E-state index is 13.1. The number of carbonyl (C=O) groups excluding carboxylic acids is 4. The Morgan fingerprint density at radius 2 is 0.500 bits per heavy atom. The third kappa shape index (κ3) is 73.1. The number of allylic oxidation sites excluding steroid dienone is 10. The Balaban J connectivity index is 5.37. The van der Waals surface area contributed by atoms with E-state index in [0.717, 1.165) is 109 Å². The molecule has 3 N–H and O–H groups in total. The van der Waals surface area contributed by atoms with Gasteiger partial charge in [-0.2, -0.15) is 0 Å². The quantitative estimate of drug-likeness (QED) is 0.0169. The fourth-order valence-corrected chi connectivity index (χ4v) is 12.8. The average molecular weight is 1460 g/mol. The predicted molar refractivity (Wildman–Crippen MR) is 409 cm³/mol. The van der Waals surface area contributed by atoms with Gasteiger partial charge in [0.1, 0.15) is 19.3 Å². The van der Waals surface area contributed by atoms with Crippen molar-refractivity contribution in [3.8, 4) is 0 Å². The zero-order valence-corrected chi connectivity index (χ0v) is 65.7. The van der Waals surface area contributed by atoms with Crippen molar-refractivity contribution in [1.82, 2.24) is 0 Å². The number of unbranched alkanes of at least 4 members (excludes halogenated alkanes) is 41. The summed E-state index contributed by atoms with van der Waals surface area (Å²) in [6, 6.07) is 0. The molecule has 0 aromatic rings. The van der Waals surface area contributed by atoms with Crippen LogP contribution in [-0.2, 0) is 65.4 Å². The minimum atomic E-state index is -4.98. The molecule has 0 bridgehead atoms. The predicted octanol–water partition coefficient (Wildman–Crippen LogP) is 23.5. The van der Waals surface area contributed by atoms with Crippen molar-refractivity contribution in [3.63, 3.8) is 0 Å². The highest BCUT2D eigenvalue weighted by atomic mass is 31.2. The van der Waals surface area contributed by atoms with Crippen molar-refractivity contribution < 1.29 is 80.2 Å². The topological polar surface area (TPSA) is 237 Å². The smallest absolute Gasteiger partial charge is 0.462 e. The second-order valence-electron chi connectivity index (χ2n) is 27.4. The van der Waals surface area contributed by atoms with E-state index in [1.165, 1.54) is 180 Å². The normalized spacial score (nSPS) is 14.2. The number of rotatable bonds is 77. The van der Waals surface area contributed by atoms with Crippen molar-refractivity contribution in [1.29, 1.82) is 0 Å². The average Bonchev–Trinajstić information content (AvgIpc) is 0.945. The van der Waals surface area contributed by atoms with E-state index in [9.17, 15) is 43.2 Å². The van der Waals surface area contributed by atoms with Crippen molar-refractivity contribution >= 4 is 39.5 Å². The lowest BCUT2D eigenvalue weighted by atomic mass is 10.0. The Morgan fingerprint density at radius 3 is 0.820 bits per heavy atom. The molecular weight excluding hydrogens is 1310 g/mol. The van der Waals surface area contributed by atoms with E-state index in [0.29, 0.717) is 32.1 Å². The lowest BCUT2D eigenvalue weighted by molar-refractivity contribution is -0.161. The van der Waals surface area contributed by atoms with Crippen LogP contribution in [0, 0.1) is 0 Å². The monoisotopic (exact) mass is 1460 g/mol. The number of phosphoric acid groups is 2. The minimum Gasteiger partial charge on any atom is -0.462 e. The molecule has 584 valence electrons. The number of carbonyl (C=O) groups is 4. The van der Waals surface area contributed by atoms with Crippen molar-refractivity contribution in [3.05, 3.63) is 60.8 Å². The molecule has 17 nitrogen and oxygen atoms in total. The van der Waals surface area contributed by atoms with Gasteiger partial charge in [0.05, 0.1) is 26.4 Å². The molecule has 0 fully saturated rings. The molecule has 0 aliphatic rings. The fraction of sp³-hybridized carbons (Fsp3) is 0.827. The number of phosphoric ester groups is 2. The molecule has 100 heavy (non-hydrogen) atoms. The van der Waals surface area contributed by atoms with E-state index in [1.807, 2.05) is 12.2 Å². The highest BCUT2D eigenvalue weighted by molar-refractivity contribution is 7.47. The number of ether oxygens (including phenoxy) is 4. The number of aliphatic hydroxyl groups excluding tert-OH is 1. The van der Waals surface area contributed by atoms with E-state index >= 15 is 0 Å². The molecule has 0 saturated heterocycles. The van der Waals surface area contributed by atoms with Crippen LogP contribution >= 0.6 is 15.6 Å². The molecule has 0 aromatic carbocycles. The van der Waals surface area contributed by atoms with Gasteiger partial charge in [-0.3, -0.25) is 37.3 Å². The molecule has 0 rings (SSSR count). The number of hydrogen-bond acceptors (Lipinski definition) is 15. The molecule has 0 radical (unpaired) electrons. The molecule has 0 aromatic heterocycles. The van der Waals surface area contributed by atoms with Gasteiger partial charge in [0.25, 0.3) is 0 Å². The van der Waals surface area contributed by atoms with Gasteiger partial charge in [0.15, 0.2) is 12.2 Å². The minimum absolute atomic E-state index is 0.0774. The summed E-state index contributed by atoms with van der Waals surface area (Å²) in [7, 11) is -9.95. The zero-order valence-electron chi connectivity index (χ0n) is 63.9. The molecule has 5 atom stereocenters. The Hall–Kier alpha value is -3.24. The van der Waals surface area contributed by atoms with Crippen molar-refractivity contribution in [2.24, 2.45) is 0 Å². The Morgan fingerprint density at radius 1 is 0.280 bits per heavy atom. The largest absolute Gasteiger partial charge is 0.472 e. The second kappa shape index (κ2) is 74.0. The van der Waals surface area contributed by atoms with Gasteiger partial charge in [-0.15, -0.1) is 0 Å². The molecular formula is C81H148O17P2. The van der Waals surface area contributed by atoms with Gasteiger partial charge >= 0.3 is 39.5 Å². The molecule has 0 amide bonds. The first-order valence-corrected chi connectivity index (χ1v) is 43.5. The zero-order chi connectivity index (χ0) is 73.2. The third-order valence-corrected chi connectivity index (χ3v) is 19.4. The molecule has 0 heterocycles. The first kappa shape index (κ1) is 96.8. The summed E-state index contributed by atoms with van der Waals surface area (Å²) in [5.41, 5.74) is 0. The van der Waals surface area contributed by atoms with E-state index in [-0.39, 0.29) is 25.7 Å². The molecule has 0 aliphatic heterocycles. The summed E-state index contributed by atoms with van der Waals surface area (Å²) in [6.07, 6.45) is 73.4. The Bertz CT molecular complexity index is 2130. The number of esters is 4. The SMILES string of the molecule is CCCCC/C=C\C/C=C\C/C=C\C/C=C\CCCC(=O)OC[C@H](COP(=O)(O)OC[C@H](O)COP(=O)(O)OC[C@@H](COC(=O)CCCCCCCCCCCCCCC)OC(=O)CCCCCCCCCCCCCCCCC)OC(=O)CCCCCCC/C=C\CCCCCCCC. The highest BCUT2D eigenvalue weighted by Gasteiger charge is 2.30. The van der Waals surface area contributed by atoms with E-state index in [1.54, 1.807) is 0 Å². The summed E-state index contributed by atoms with van der Waals surface area (Å²) in [5, 5.41) is 10.6. The van der Waals surface area contributed by atoms with Crippen LogP contribution in [0.25, 0.3) is 0 Å². The van der Waals surface area contributed by atoms with Gasteiger partial charge in [0.2, 0.25) is 0 Å². The maximum absolute atomic E-state index is 13.1. The lowest BCUT2D eigenvalue weighted by Crippen LogP contribution is -2.30. The van der Waals surface area contributed by atoms with Crippen LogP contribution in [0.5, 0.6) is 0 Å². The van der Waals surface area contributed by atoms with Crippen LogP contribution in [0.2, 0.25) is 0 Å². The Kier molecular flexibility index (Phi) is 71.6. The van der Waals surface area contributed by atoms with Gasteiger partial charge in [-0.25, -0.2) is 9.13 Å². The second-order valence-corrected chi connectivity index (χ2v) is 30.3. The number of hydrogen-bond donors (Lipinski definition) is 3. The van der Waals surface area contributed by atoms with E-state index in [4.69, 9.17) is 37.0 Å². The number of aliphatic hydroxyl groups is 1. The van der Waals surface area contributed by atoms with Crippen LogP contribution in [-0.4, -0.2) is 96.7 Å². The standard InChI is InChI=1S/C81H148O17P2/c1-5-9-13-17-21-25-29-33-36-37-40-42-46-50-54-58-62-66-79(84)92-72-77(98-81(86)68-64-60-56-52-48-44-39-35-31-27-23-19-15-11-7-3)74-96-100(89,90)94-70-75(82)69-93-99(87,88)95-73-76(71-91-78(83)65-61-57-53-49-45-41-32-28-24-20-16-12-8-4)97-80(85)67-63-59-55-51-47-43-38-34-30-26-22-18-14-10-6-2/h21,25,33,35-36,39-40,42,50,54,75-77,82H,5-20,22-24,26-32,34,37-38,41,43-49,51-53,55-74H2,1-4H3,(H,87,88)(H,89,90)/b25-21-,36-33-,39-35-,42-40-,54-50-/t75-,76-,77-/m1/s1. The molecule has 2 unspecified atom stereocenters. The van der Waals surface area contributed by atoms with Crippen LogP contribution in [0.1, 0.15) is 374 Å². The molecule has 0 saturated carbocycles. The van der Waals surface area contributed by atoms with E-state index in [2.05, 4.69) is 76.3 Å². The van der Waals surface area contributed by atoms with Crippen molar-refractivity contribution in [2.75, 3.05) is 39.6 Å². The highest BCUT2D eigenvalue weighted by Crippen LogP contribution is 2.45. The summed E-state index contributed by atoms with van der Waals surface area (Å²) < 4.78 is 68.6.